The van der Waals surface area contributed by atoms with E-state index in [0.29, 0.717) is 11.1 Å². The van der Waals surface area contributed by atoms with Gasteiger partial charge in [-0.1, -0.05) is 44.0 Å². The molecular formula is C18H11Br2N3O2. The zero-order valence-electron chi connectivity index (χ0n) is 12.7. The molecule has 0 saturated heterocycles. The van der Waals surface area contributed by atoms with Crippen LogP contribution in [0.15, 0.2) is 57.7 Å². The third-order valence-electron chi connectivity index (χ3n) is 4.00. The second-order valence-corrected chi connectivity index (χ2v) is 7.40. The molecule has 2 heterocycles. The minimum Gasteiger partial charge on any atom is -0.360 e. The summed E-state index contributed by atoms with van der Waals surface area (Å²) >= 11 is 6.78. The summed E-state index contributed by atoms with van der Waals surface area (Å²) in [5.41, 5.74) is 2.50. The van der Waals surface area contributed by atoms with Crippen molar-refractivity contribution in [3.05, 3.63) is 68.9 Å². The van der Waals surface area contributed by atoms with E-state index in [9.17, 15) is 9.59 Å². The molecule has 0 saturated carbocycles. The summed E-state index contributed by atoms with van der Waals surface area (Å²) < 4.78 is 1.82. The summed E-state index contributed by atoms with van der Waals surface area (Å²) in [5, 5.41) is 3.98. The van der Waals surface area contributed by atoms with E-state index in [0.717, 1.165) is 30.8 Å². The Balaban J connectivity index is 1.64. The van der Waals surface area contributed by atoms with E-state index in [1.807, 2.05) is 36.4 Å². The summed E-state index contributed by atoms with van der Waals surface area (Å²) in [6, 6.07) is 11.1. The van der Waals surface area contributed by atoms with E-state index in [-0.39, 0.29) is 0 Å². The number of H-pyrrole nitrogens is 2. The lowest BCUT2D eigenvalue weighted by Gasteiger charge is -2.03. The SMILES string of the molecule is O=C(NC(=O)c1c[nH]c2cc(Br)ccc12)c1c[nH]c2cc(Br)ccc12. The van der Waals surface area contributed by atoms with Crippen molar-refractivity contribution in [1.29, 1.82) is 0 Å². The van der Waals surface area contributed by atoms with Gasteiger partial charge >= 0.3 is 0 Å². The van der Waals surface area contributed by atoms with Gasteiger partial charge in [-0.25, -0.2) is 0 Å². The number of benzene rings is 2. The molecule has 4 rings (SSSR count). The van der Waals surface area contributed by atoms with Crippen LogP contribution in [0, 0.1) is 0 Å². The average molecular weight is 461 g/mol. The molecule has 2 aromatic heterocycles. The zero-order chi connectivity index (χ0) is 17.6. The van der Waals surface area contributed by atoms with Gasteiger partial charge in [0.1, 0.15) is 0 Å². The quantitative estimate of drug-likeness (QED) is 0.377. The van der Waals surface area contributed by atoms with Crippen LogP contribution in [-0.2, 0) is 0 Å². The van der Waals surface area contributed by atoms with Gasteiger partial charge in [0.05, 0.1) is 11.1 Å². The molecule has 0 radical (unpaired) electrons. The molecule has 25 heavy (non-hydrogen) atoms. The maximum absolute atomic E-state index is 12.5. The highest BCUT2D eigenvalue weighted by atomic mass is 79.9. The van der Waals surface area contributed by atoms with Gasteiger partial charge in [-0.15, -0.1) is 0 Å². The largest absolute Gasteiger partial charge is 0.360 e. The van der Waals surface area contributed by atoms with Gasteiger partial charge < -0.3 is 9.97 Å². The maximum Gasteiger partial charge on any atom is 0.260 e. The molecule has 0 spiro atoms. The Hall–Kier alpha value is -2.38. The molecule has 124 valence electrons. The van der Waals surface area contributed by atoms with Crippen LogP contribution in [0.2, 0.25) is 0 Å². The van der Waals surface area contributed by atoms with Crippen LogP contribution in [0.4, 0.5) is 0 Å². The summed E-state index contributed by atoms with van der Waals surface area (Å²) in [4.78, 5) is 31.1. The van der Waals surface area contributed by atoms with Crippen LogP contribution < -0.4 is 5.32 Å². The number of hydrogen-bond donors (Lipinski definition) is 3. The number of aromatic nitrogens is 2. The van der Waals surface area contributed by atoms with Crippen molar-refractivity contribution in [2.24, 2.45) is 0 Å². The topological polar surface area (TPSA) is 77.8 Å². The number of halogens is 2. The molecule has 0 atom stereocenters. The first-order chi connectivity index (χ1) is 12.0. The van der Waals surface area contributed by atoms with Crippen LogP contribution in [-0.4, -0.2) is 21.8 Å². The zero-order valence-corrected chi connectivity index (χ0v) is 15.9. The number of fused-ring (bicyclic) bond motifs is 2. The van der Waals surface area contributed by atoms with E-state index in [4.69, 9.17) is 0 Å². The van der Waals surface area contributed by atoms with Crippen molar-refractivity contribution >= 4 is 65.5 Å². The lowest BCUT2D eigenvalue weighted by atomic mass is 10.1. The lowest BCUT2D eigenvalue weighted by molar-refractivity contribution is 0.0851. The number of nitrogens with one attached hydrogen (secondary N) is 3. The fourth-order valence-electron chi connectivity index (χ4n) is 2.81. The second-order valence-electron chi connectivity index (χ2n) is 5.57. The summed E-state index contributed by atoms with van der Waals surface area (Å²) in [6.45, 7) is 0. The van der Waals surface area contributed by atoms with Gasteiger partial charge in [0.25, 0.3) is 11.8 Å². The molecule has 2 amide bonds. The fourth-order valence-corrected chi connectivity index (χ4v) is 3.53. The predicted molar refractivity (Wildman–Crippen MR) is 104 cm³/mol. The smallest absolute Gasteiger partial charge is 0.260 e. The van der Waals surface area contributed by atoms with E-state index in [1.165, 1.54) is 0 Å². The Morgan fingerprint density at radius 2 is 1.20 bits per heavy atom. The number of aromatic amines is 2. The van der Waals surface area contributed by atoms with E-state index in [2.05, 4.69) is 47.1 Å². The molecule has 0 bridgehead atoms. The summed E-state index contributed by atoms with van der Waals surface area (Å²) in [7, 11) is 0. The Kier molecular flexibility index (Phi) is 3.97. The molecule has 5 nitrogen and oxygen atoms in total. The van der Waals surface area contributed by atoms with Gasteiger partial charge in [0.15, 0.2) is 0 Å². The predicted octanol–water partition coefficient (Wildman–Crippen LogP) is 4.74. The van der Waals surface area contributed by atoms with Crippen molar-refractivity contribution in [2.75, 3.05) is 0 Å². The Morgan fingerprint density at radius 3 is 1.64 bits per heavy atom. The molecule has 0 aliphatic heterocycles. The maximum atomic E-state index is 12.5. The highest BCUT2D eigenvalue weighted by Gasteiger charge is 2.18. The number of carbonyl (C=O) groups excluding carboxylic acids is 2. The molecule has 3 N–H and O–H groups in total. The monoisotopic (exact) mass is 459 g/mol. The average Bonchev–Trinajstić information content (AvgIpc) is 3.17. The standard InChI is InChI=1S/C18H11Br2N3O2/c19-9-1-3-11-13(7-21-15(11)5-9)17(24)23-18(25)14-8-22-16-6-10(20)2-4-12(14)16/h1-8,21-22H,(H,23,24,25). The van der Waals surface area contributed by atoms with Gasteiger partial charge in [-0.2, -0.15) is 0 Å². The van der Waals surface area contributed by atoms with E-state index >= 15 is 0 Å². The number of carbonyl (C=O) groups is 2. The third kappa shape index (κ3) is 2.89. The van der Waals surface area contributed by atoms with E-state index < -0.39 is 11.8 Å². The Morgan fingerprint density at radius 1 is 0.760 bits per heavy atom. The van der Waals surface area contributed by atoms with Crippen molar-refractivity contribution < 1.29 is 9.59 Å². The number of rotatable bonds is 2. The normalized spacial score (nSPS) is 11.1. The number of hydrogen-bond acceptors (Lipinski definition) is 2. The first-order valence-corrected chi connectivity index (χ1v) is 9.00. The molecule has 4 aromatic rings. The molecule has 0 unspecified atom stereocenters. The fraction of sp³-hybridized carbons (Fsp3) is 0. The Labute approximate surface area is 159 Å². The van der Waals surface area contributed by atoms with Crippen LogP contribution in [0.3, 0.4) is 0 Å². The van der Waals surface area contributed by atoms with Crippen molar-refractivity contribution in [1.82, 2.24) is 15.3 Å². The number of imide groups is 1. The molecular weight excluding hydrogens is 450 g/mol. The third-order valence-corrected chi connectivity index (χ3v) is 4.99. The highest BCUT2D eigenvalue weighted by Crippen LogP contribution is 2.24. The highest BCUT2D eigenvalue weighted by molar-refractivity contribution is 9.10. The van der Waals surface area contributed by atoms with Crippen LogP contribution in [0.1, 0.15) is 20.7 Å². The second kappa shape index (κ2) is 6.16. The lowest BCUT2D eigenvalue weighted by Crippen LogP contribution is -2.30. The van der Waals surface area contributed by atoms with Crippen molar-refractivity contribution in [3.63, 3.8) is 0 Å². The van der Waals surface area contributed by atoms with Gasteiger partial charge in [0, 0.05) is 43.1 Å². The van der Waals surface area contributed by atoms with Crippen molar-refractivity contribution in [3.8, 4) is 0 Å². The summed E-state index contributed by atoms with van der Waals surface area (Å²) in [6.07, 6.45) is 3.21. The van der Waals surface area contributed by atoms with Gasteiger partial charge in [-0.3, -0.25) is 14.9 Å². The van der Waals surface area contributed by atoms with Gasteiger partial charge in [-0.05, 0) is 24.3 Å². The van der Waals surface area contributed by atoms with Crippen molar-refractivity contribution in [2.45, 2.75) is 0 Å². The van der Waals surface area contributed by atoms with Crippen LogP contribution in [0.25, 0.3) is 21.8 Å². The first kappa shape index (κ1) is 16.1. The summed E-state index contributed by atoms with van der Waals surface area (Å²) in [5.74, 6) is -0.880. The molecule has 0 fully saturated rings. The van der Waals surface area contributed by atoms with Crippen LogP contribution in [0.5, 0.6) is 0 Å². The molecule has 0 aliphatic rings. The van der Waals surface area contributed by atoms with Gasteiger partial charge in [0.2, 0.25) is 0 Å². The minimum atomic E-state index is -0.440. The molecule has 0 aliphatic carbocycles. The van der Waals surface area contributed by atoms with E-state index in [1.54, 1.807) is 12.4 Å². The number of amides is 2. The Bertz CT molecular complexity index is 1050. The van der Waals surface area contributed by atoms with Crippen LogP contribution >= 0.6 is 31.9 Å². The minimum absolute atomic E-state index is 0.429. The first-order valence-electron chi connectivity index (χ1n) is 7.42. The molecule has 2 aromatic carbocycles. The molecule has 7 heteroatoms.